The van der Waals surface area contributed by atoms with E-state index in [-0.39, 0.29) is 30.3 Å². The van der Waals surface area contributed by atoms with E-state index < -0.39 is 0 Å². The van der Waals surface area contributed by atoms with E-state index in [1.165, 1.54) is 24.3 Å². The molecule has 0 saturated carbocycles. The third-order valence-electron chi connectivity index (χ3n) is 3.22. The number of imidazole rings is 1. The summed E-state index contributed by atoms with van der Waals surface area (Å²) in [5.41, 5.74) is 0.425. The molecule has 1 aromatic carbocycles. The van der Waals surface area contributed by atoms with Gasteiger partial charge in [0, 0.05) is 43.9 Å². The Balaban J connectivity index is 1.62. The third kappa shape index (κ3) is 5.12. The number of amides is 1. The van der Waals surface area contributed by atoms with Gasteiger partial charge in [-0.3, -0.25) is 9.59 Å². The maximum atomic E-state index is 12.8. The Bertz CT molecular complexity index is 609. The number of halogens is 1. The zero-order chi connectivity index (χ0) is 15.8. The molecule has 0 saturated heterocycles. The van der Waals surface area contributed by atoms with Crippen molar-refractivity contribution < 1.29 is 14.0 Å². The van der Waals surface area contributed by atoms with E-state index in [2.05, 4.69) is 10.3 Å². The SMILES string of the molecule is O=C(CCC(=O)c1ccc(F)cc1)NCCCn1ccnc1. The van der Waals surface area contributed by atoms with E-state index in [4.69, 9.17) is 0 Å². The first-order valence-electron chi connectivity index (χ1n) is 7.16. The molecule has 2 rings (SSSR count). The number of carbonyl (C=O) groups excluding carboxylic acids is 2. The second kappa shape index (κ2) is 8.07. The predicted molar refractivity (Wildman–Crippen MR) is 79.8 cm³/mol. The first kappa shape index (κ1) is 15.9. The number of benzene rings is 1. The molecule has 22 heavy (non-hydrogen) atoms. The molecule has 0 aliphatic heterocycles. The number of Topliss-reactive ketones (excluding diaryl/α,β-unsaturated/α-hetero) is 1. The van der Waals surface area contributed by atoms with Crippen LogP contribution in [0.4, 0.5) is 4.39 Å². The van der Waals surface area contributed by atoms with Crippen LogP contribution >= 0.6 is 0 Å². The minimum absolute atomic E-state index is 0.124. The summed E-state index contributed by atoms with van der Waals surface area (Å²) in [6.07, 6.45) is 6.36. The molecule has 2 aromatic rings. The van der Waals surface area contributed by atoms with Crippen LogP contribution in [0.1, 0.15) is 29.6 Å². The maximum absolute atomic E-state index is 12.8. The fourth-order valence-electron chi connectivity index (χ4n) is 2.00. The second-order valence-corrected chi connectivity index (χ2v) is 4.93. The van der Waals surface area contributed by atoms with Gasteiger partial charge < -0.3 is 9.88 Å². The number of nitrogens with zero attached hydrogens (tertiary/aromatic N) is 2. The first-order valence-corrected chi connectivity index (χ1v) is 7.16. The Kier molecular flexibility index (Phi) is 5.82. The zero-order valence-corrected chi connectivity index (χ0v) is 12.2. The molecule has 0 unspecified atom stereocenters. The summed E-state index contributed by atoms with van der Waals surface area (Å²) in [5.74, 6) is -0.693. The van der Waals surface area contributed by atoms with Crippen molar-refractivity contribution in [1.82, 2.24) is 14.9 Å². The van der Waals surface area contributed by atoms with Crippen molar-refractivity contribution in [1.29, 1.82) is 0 Å². The van der Waals surface area contributed by atoms with Crippen LogP contribution in [-0.4, -0.2) is 27.8 Å². The molecule has 6 heteroatoms. The van der Waals surface area contributed by atoms with Gasteiger partial charge in [-0.2, -0.15) is 0 Å². The number of rotatable bonds is 8. The van der Waals surface area contributed by atoms with Crippen LogP contribution in [0, 0.1) is 5.82 Å². The first-order chi connectivity index (χ1) is 10.6. The van der Waals surface area contributed by atoms with Crippen LogP contribution in [0.3, 0.4) is 0 Å². The van der Waals surface area contributed by atoms with E-state index in [9.17, 15) is 14.0 Å². The minimum atomic E-state index is -0.382. The molecule has 0 aliphatic carbocycles. The normalized spacial score (nSPS) is 10.4. The number of aryl methyl sites for hydroxylation is 1. The lowest BCUT2D eigenvalue weighted by Crippen LogP contribution is -2.25. The summed E-state index contributed by atoms with van der Waals surface area (Å²) >= 11 is 0. The lowest BCUT2D eigenvalue weighted by Gasteiger charge is -2.05. The van der Waals surface area contributed by atoms with Crippen LogP contribution in [0.2, 0.25) is 0 Å². The minimum Gasteiger partial charge on any atom is -0.356 e. The number of aromatic nitrogens is 2. The molecule has 1 N–H and O–H groups in total. The molecule has 5 nitrogen and oxygen atoms in total. The molecule has 1 heterocycles. The van der Waals surface area contributed by atoms with Gasteiger partial charge in [0.15, 0.2) is 5.78 Å². The molecular weight excluding hydrogens is 285 g/mol. The number of hydrogen-bond donors (Lipinski definition) is 1. The fraction of sp³-hybridized carbons (Fsp3) is 0.312. The Morgan fingerprint density at radius 1 is 1.18 bits per heavy atom. The second-order valence-electron chi connectivity index (χ2n) is 4.93. The number of hydrogen-bond acceptors (Lipinski definition) is 3. The van der Waals surface area contributed by atoms with Crippen molar-refractivity contribution in [3.05, 3.63) is 54.4 Å². The molecular formula is C16H18FN3O2. The molecule has 116 valence electrons. The molecule has 0 aliphatic rings. The summed E-state index contributed by atoms with van der Waals surface area (Å²) in [6, 6.07) is 5.34. The van der Waals surface area contributed by atoms with E-state index >= 15 is 0 Å². The van der Waals surface area contributed by atoms with Crippen molar-refractivity contribution >= 4 is 11.7 Å². The molecule has 0 fully saturated rings. The smallest absolute Gasteiger partial charge is 0.220 e. The van der Waals surface area contributed by atoms with Gasteiger partial charge in [-0.1, -0.05) is 0 Å². The molecule has 0 spiro atoms. The highest BCUT2D eigenvalue weighted by atomic mass is 19.1. The zero-order valence-electron chi connectivity index (χ0n) is 12.2. The highest BCUT2D eigenvalue weighted by molar-refractivity contribution is 5.97. The van der Waals surface area contributed by atoms with Crippen molar-refractivity contribution in [2.24, 2.45) is 0 Å². The third-order valence-corrected chi connectivity index (χ3v) is 3.22. The maximum Gasteiger partial charge on any atom is 0.220 e. The largest absolute Gasteiger partial charge is 0.356 e. The Labute approximate surface area is 128 Å². The van der Waals surface area contributed by atoms with Crippen molar-refractivity contribution in [2.75, 3.05) is 6.54 Å². The fourth-order valence-corrected chi connectivity index (χ4v) is 2.00. The van der Waals surface area contributed by atoms with Crippen molar-refractivity contribution in [2.45, 2.75) is 25.8 Å². The molecule has 0 atom stereocenters. The average molecular weight is 303 g/mol. The van der Waals surface area contributed by atoms with E-state index in [0.29, 0.717) is 12.1 Å². The summed E-state index contributed by atoms with van der Waals surface area (Å²) < 4.78 is 14.7. The standard InChI is InChI=1S/C16H18FN3O2/c17-14-4-2-13(3-5-14)15(21)6-7-16(22)19-8-1-10-20-11-9-18-12-20/h2-5,9,11-12H,1,6-8,10H2,(H,19,22). The van der Waals surface area contributed by atoms with Gasteiger partial charge in [0.1, 0.15) is 5.82 Å². The highest BCUT2D eigenvalue weighted by Gasteiger charge is 2.09. The average Bonchev–Trinajstić information content (AvgIpc) is 3.03. The van der Waals surface area contributed by atoms with Gasteiger partial charge in [-0.05, 0) is 30.7 Å². The Hall–Kier alpha value is -2.50. The summed E-state index contributed by atoms with van der Waals surface area (Å²) in [5, 5.41) is 2.78. The number of ketones is 1. The van der Waals surface area contributed by atoms with E-state index in [1.54, 1.807) is 12.5 Å². The van der Waals surface area contributed by atoms with Crippen LogP contribution in [0.5, 0.6) is 0 Å². The van der Waals surface area contributed by atoms with Crippen LogP contribution < -0.4 is 5.32 Å². The number of nitrogens with one attached hydrogen (secondary N) is 1. The van der Waals surface area contributed by atoms with Crippen molar-refractivity contribution in [3.8, 4) is 0 Å². The van der Waals surface area contributed by atoms with Gasteiger partial charge in [-0.25, -0.2) is 9.37 Å². The molecule has 1 amide bonds. The number of carbonyl (C=O) groups is 2. The lowest BCUT2D eigenvalue weighted by atomic mass is 10.1. The molecule has 0 bridgehead atoms. The Morgan fingerprint density at radius 3 is 2.64 bits per heavy atom. The summed E-state index contributed by atoms with van der Waals surface area (Å²) in [7, 11) is 0. The van der Waals surface area contributed by atoms with E-state index in [0.717, 1.165) is 13.0 Å². The van der Waals surface area contributed by atoms with E-state index in [1.807, 2.05) is 10.8 Å². The molecule has 0 radical (unpaired) electrons. The quantitative estimate of drug-likeness (QED) is 0.600. The van der Waals surface area contributed by atoms with Crippen LogP contribution in [-0.2, 0) is 11.3 Å². The summed E-state index contributed by atoms with van der Waals surface area (Å²) in [6.45, 7) is 1.34. The topological polar surface area (TPSA) is 64.0 Å². The highest BCUT2D eigenvalue weighted by Crippen LogP contribution is 2.07. The van der Waals surface area contributed by atoms with Gasteiger partial charge in [0.2, 0.25) is 5.91 Å². The lowest BCUT2D eigenvalue weighted by molar-refractivity contribution is -0.121. The Morgan fingerprint density at radius 2 is 1.95 bits per heavy atom. The van der Waals surface area contributed by atoms with Crippen LogP contribution in [0.25, 0.3) is 0 Å². The van der Waals surface area contributed by atoms with Gasteiger partial charge >= 0.3 is 0 Å². The molecule has 1 aromatic heterocycles. The van der Waals surface area contributed by atoms with Gasteiger partial charge in [0.05, 0.1) is 6.33 Å². The summed E-state index contributed by atoms with van der Waals surface area (Å²) in [4.78, 5) is 27.4. The van der Waals surface area contributed by atoms with Gasteiger partial charge in [0.25, 0.3) is 0 Å². The van der Waals surface area contributed by atoms with Crippen molar-refractivity contribution in [3.63, 3.8) is 0 Å². The van der Waals surface area contributed by atoms with Gasteiger partial charge in [-0.15, -0.1) is 0 Å². The predicted octanol–water partition coefficient (Wildman–Crippen LogP) is 2.19. The van der Waals surface area contributed by atoms with Crippen LogP contribution in [0.15, 0.2) is 43.0 Å². The monoisotopic (exact) mass is 303 g/mol.